The number of amides is 1. The van der Waals surface area contributed by atoms with Crippen LogP contribution in [0.3, 0.4) is 0 Å². The molecule has 2 heterocycles. The van der Waals surface area contributed by atoms with E-state index in [2.05, 4.69) is 4.90 Å². The first-order chi connectivity index (χ1) is 19.3. The number of carbonyl (C=O) groups excluding carboxylic acids is 3. The van der Waals surface area contributed by atoms with Gasteiger partial charge in [0.25, 0.3) is 0 Å². The molecule has 5 N–H and O–H groups in total. The highest BCUT2D eigenvalue weighted by atomic mass is 16.6. The van der Waals surface area contributed by atoms with Gasteiger partial charge in [0.1, 0.15) is 23.7 Å². The molecular weight excluding hydrogens is 540 g/mol. The lowest BCUT2D eigenvalue weighted by atomic mass is 9.50. The van der Waals surface area contributed by atoms with Crippen LogP contribution < -0.4 is 10.1 Å². The molecule has 1 amide bonds. The molecule has 0 radical (unpaired) electrons. The summed E-state index contributed by atoms with van der Waals surface area (Å²) in [5, 5.41) is 42.9. The Kier molecular flexibility index (Phi) is 7.35. The molecule has 0 saturated carbocycles. The second kappa shape index (κ2) is 10.4. The number of likely N-dealkylation sites (tertiary alicyclic amines) is 1. The third kappa shape index (κ3) is 4.47. The molecule has 2 aliphatic carbocycles. The van der Waals surface area contributed by atoms with Crippen molar-refractivity contribution in [3.8, 4) is 5.75 Å². The van der Waals surface area contributed by atoms with Crippen LogP contribution in [-0.4, -0.2) is 98.7 Å². The number of hydrogen-bond acceptors (Lipinski definition) is 11. The number of hydrogen-bond donors (Lipinski definition) is 5. The number of rotatable bonds is 9. The minimum atomic E-state index is -1.67. The predicted octanol–water partition coefficient (Wildman–Crippen LogP) is -0.728. The Labute approximate surface area is 235 Å². The molecule has 0 aromatic heterocycles. The highest BCUT2D eigenvalue weighted by molar-refractivity contribution is 5.89. The molecule has 13 nitrogen and oxygen atoms in total. The third-order valence-electron chi connectivity index (χ3n) is 8.85. The van der Waals surface area contributed by atoms with Crippen LogP contribution in [0.25, 0.3) is 0 Å². The Morgan fingerprint density at radius 2 is 1.98 bits per heavy atom. The maximum atomic E-state index is 13.1. The van der Waals surface area contributed by atoms with E-state index in [1.807, 2.05) is 18.4 Å². The van der Waals surface area contributed by atoms with Crippen molar-refractivity contribution in [3.05, 3.63) is 40.7 Å². The van der Waals surface area contributed by atoms with E-state index in [1.165, 1.54) is 6.92 Å². The summed E-state index contributed by atoms with van der Waals surface area (Å²) >= 11 is 0. The summed E-state index contributed by atoms with van der Waals surface area (Å²) in [5.41, 5.74) is 0.274. The Balaban J connectivity index is 1.35. The lowest BCUT2D eigenvalue weighted by Gasteiger charge is -2.61. The molecule has 1 aromatic carbocycles. The first-order valence-electron chi connectivity index (χ1n) is 13.5. The number of nitrogens with zero attached hydrogens (tertiary/aromatic N) is 1. The average Bonchev–Trinajstić information content (AvgIpc) is 3.27. The zero-order valence-corrected chi connectivity index (χ0v) is 23.0. The Bertz CT molecular complexity index is 1330. The molecule has 2 aliphatic heterocycles. The van der Waals surface area contributed by atoms with Crippen molar-refractivity contribution < 1.29 is 53.8 Å². The second-order valence-corrected chi connectivity index (χ2v) is 11.2. The number of aliphatic hydroxyl groups excluding tert-OH is 2. The number of aliphatic carboxylic acids is 1. The van der Waals surface area contributed by atoms with Gasteiger partial charge in [-0.15, -0.1) is 0 Å². The molecule has 1 spiro atoms. The largest absolute Gasteiger partial charge is 0.481 e. The number of carboxylic acids is 1. The molecule has 4 aliphatic rings. The van der Waals surface area contributed by atoms with Gasteiger partial charge in [0.05, 0.1) is 24.0 Å². The lowest BCUT2D eigenvalue weighted by Crippen LogP contribution is -2.74. The third-order valence-corrected chi connectivity index (χ3v) is 8.85. The molecule has 1 aromatic rings. The van der Waals surface area contributed by atoms with E-state index in [1.54, 1.807) is 12.1 Å². The topological polar surface area (TPSA) is 192 Å². The number of likely N-dealkylation sites (N-methyl/N-ethyl adjacent to an activating group) is 1. The number of esters is 2. The van der Waals surface area contributed by atoms with Crippen molar-refractivity contribution in [2.24, 2.45) is 0 Å². The molecule has 222 valence electrons. The zero-order chi connectivity index (χ0) is 29.9. The maximum Gasteiger partial charge on any atom is 0.352 e. The smallest absolute Gasteiger partial charge is 0.352 e. The number of carboxylic acid groups (broad SMARTS) is 1. The molecular formula is C28H34N2O11. The fourth-order valence-corrected chi connectivity index (χ4v) is 6.78. The van der Waals surface area contributed by atoms with Gasteiger partial charge < -0.3 is 44.9 Å². The Morgan fingerprint density at radius 1 is 1.24 bits per heavy atom. The number of piperidine rings is 1. The molecule has 13 heteroatoms. The Morgan fingerprint density at radius 3 is 2.63 bits per heavy atom. The maximum absolute atomic E-state index is 13.1. The fraction of sp³-hybridized carbons (Fsp3) is 0.571. The van der Waals surface area contributed by atoms with E-state index in [0.717, 1.165) is 18.1 Å². The van der Waals surface area contributed by atoms with Crippen LogP contribution in [-0.2, 0) is 47.1 Å². The van der Waals surface area contributed by atoms with Gasteiger partial charge in [0.15, 0.2) is 12.2 Å². The molecule has 5 rings (SSSR count). The minimum Gasteiger partial charge on any atom is -0.481 e. The Hall–Kier alpha value is -3.52. The van der Waals surface area contributed by atoms with Crippen molar-refractivity contribution in [1.29, 1.82) is 0 Å². The summed E-state index contributed by atoms with van der Waals surface area (Å²) in [6, 6.07) is 1.87. The number of carbonyl (C=O) groups is 4. The standard InChI is InChI=1S/C28H34N2O11/c1-13(32)24(34)29-17(25(35)36)11-20(33)39-14(2)26(37)40-18-6-7-28(38)19-10-15-4-5-16(12-31)22-21(15)27(28,23(18)41-22)8-9-30(19)3/h4-6,13-14,17,19,23,31-32,38H,7-12H2,1-3H3,(H,29,34)(H,35,36)/t13-,14-,17-,19+,23?,27?,28+/m0/s1. The number of nitrogens with one attached hydrogen (secondary N) is 1. The molecule has 1 saturated heterocycles. The van der Waals surface area contributed by atoms with Crippen molar-refractivity contribution in [2.75, 3.05) is 13.6 Å². The molecule has 2 bridgehead atoms. The van der Waals surface area contributed by atoms with E-state index < -0.39 is 65.6 Å². The highest BCUT2D eigenvalue weighted by Crippen LogP contribution is 2.64. The summed E-state index contributed by atoms with van der Waals surface area (Å²) in [4.78, 5) is 50.7. The van der Waals surface area contributed by atoms with Crippen LogP contribution in [0.5, 0.6) is 5.75 Å². The van der Waals surface area contributed by atoms with Gasteiger partial charge in [0.2, 0.25) is 5.91 Å². The summed E-state index contributed by atoms with van der Waals surface area (Å²) < 4.78 is 17.2. The van der Waals surface area contributed by atoms with E-state index in [4.69, 9.17) is 14.2 Å². The fourth-order valence-electron chi connectivity index (χ4n) is 6.78. The van der Waals surface area contributed by atoms with E-state index >= 15 is 0 Å². The normalized spacial score (nSPS) is 29.7. The van der Waals surface area contributed by atoms with Crippen LogP contribution in [0.1, 0.15) is 49.8 Å². The molecule has 2 unspecified atom stereocenters. The van der Waals surface area contributed by atoms with Crippen LogP contribution in [0, 0.1) is 0 Å². The van der Waals surface area contributed by atoms with E-state index in [9.17, 15) is 39.6 Å². The second-order valence-electron chi connectivity index (χ2n) is 11.2. The van der Waals surface area contributed by atoms with Gasteiger partial charge in [-0.2, -0.15) is 0 Å². The number of benzene rings is 1. The van der Waals surface area contributed by atoms with Crippen molar-refractivity contribution in [3.63, 3.8) is 0 Å². The average molecular weight is 575 g/mol. The predicted molar refractivity (Wildman–Crippen MR) is 138 cm³/mol. The summed E-state index contributed by atoms with van der Waals surface area (Å²) in [5.74, 6) is -3.87. The van der Waals surface area contributed by atoms with Crippen molar-refractivity contribution in [1.82, 2.24) is 10.2 Å². The van der Waals surface area contributed by atoms with E-state index in [-0.39, 0.29) is 24.8 Å². The first kappa shape index (κ1) is 29.0. The van der Waals surface area contributed by atoms with Gasteiger partial charge in [-0.3, -0.25) is 9.59 Å². The number of ether oxygens (including phenoxy) is 3. The zero-order valence-electron chi connectivity index (χ0n) is 23.0. The van der Waals surface area contributed by atoms with Gasteiger partial charge >= 0.3 is 17.9 Å². The van der Waals surface area contributed by atoms with Gasteiger partial charge in [-0.1, -0.05) is 12.1 Å². The first-order valence-corrected chi connectivity index (χ1v) is 13.5. The SMILES string of the molecule is C[C@H](O)C(=O)N[C@@H](CC(=O)O[C@@H](C)C(=O)OC1=CC[C@@]2(O)[C@H]3Cc4ccc(CO)c5c4C2(CCN3C)C1O5)C(=O)O. The van der Waals surface area contributed by atoms with Crippen molar-refractivity contribution >= 4 is 23.8 Å². The van der Waals surface area contributed by atoms with Crippen LogP contribution in [0.2, 0.25) is 0 Å². The highest BCUT2D eigenvalue weighted by Gasteiger charge is 2.71. The molecule has 1 fully saturated rings. The van der Waals surface area contributed by atoms with E-state index in [0.29, 0.717) is 30.7 Å². The quantitative estimate of drug-likeness (QED) is 0.233. The summed E-state index contributed by atoms with van der Waals surface area (Å²) in [6.07, 6.45) is -1.65. The van der Waals surface area contributed by atoms with Crippen molar-refractivity contribution in [2.45, 2.75) is 87.5 Å². The van der Waals surface area contributed by atoms with Crippen LogP contribution in [0.15, 0.2) is 24.0 Å². The van der Waals surface area contributed by atoms with Gasteiger partial charge in [0, 0.05) is 23.6 Å². The molecule has 41 heavy (non-hydrogen) atoms. The monoisotopic (exact) mass is 574 g/mol. The van der Waals surface area contributed by atoms with Crippen LogP contribution >= 0.6 is 0 Å². The summed E-state index contributed by atoms with van der Waals surface area (Å²) in [6.45, 7) is 2.80. The van der Waals surface area contributed by atoms with Gasteiger partial charge in [-0.05, 0) is 51.9 Å². The van der Waals surface area contributed by atoms with Crippen LogP contribution in [0.4, 0.5) is 0 Å². The molecule has 7 atom stereocenters. The number of aliphatic hydroxyl groups is 3. The minimum absolute atomic E-state index is 0.159. The summed E-state index contributed by atoms with van der Waals surface area (Å²) in [7, 11) is 1.97. The lowest BCUT2D eigenvalue weighted by molar-refractivity contribution is -0.175. The van der Waals surface area contributed by atoms with Gasteiger partial charge in [-0.25, -0.2) is 9.59 Å².